The number of rotatable bonds is 2. The molecule has 74 valence electrons. The smallest absolute Gasteiger partial charge is 0.148 e. The second-order valence-corrected chi connectivity index (χ2v) is 4.16. The van der Waals surface area contributed by atoms with Crippen molar-refractivity contribution in [3.63, 3.8) is 0 Å². The van der Waals surface area contributed by atoms with Gasteiger partial charge in [-0.05, 0) is 42.7 Å². The summed E-state index contributed by atoms with van der Waals surface area (Å²) < 4.78 is 6.07. The lowest BCUT2D eigenvalue weighted by atomic mass is 10.2. The first-order valence-electron chi connectivity index (χ1n) is 4.33. The van der Waals surface area contributed by atoms with E-state index in [0.717, 1.165) is 11.5 Å². The fraction of sp³-hybridized carbons (Fsp3) is 0.500. The first-order chi connectivity index (χ1) is 6.68. The second kappa shape index (κ2) is 3.45. The van der Waals surface area contributed by atoms with Gasteiger partial charge in [0.15, 0.2) is 0 Å². The Morgan fingerprint density at radius 3 is 2.57 bits per heavy atom. The number of hydrogen-bond acceptors (Lipinski definition) is 5. The van der Waals surface area contributed by atoms with Crippen molar-refractivity contribution >= 4 is 11.5 Å². The molecule has 0 radical (unpaired) electrons. The van der Waals surface area contributed by atoms with Crippen molar-refractivity contribution < 1.29 is 0 Å². The molecule has 0 amide bonds. The molecule has 0 atom stereocenters. The maximum Gasteiger partial charge on any atom is 0.148 e. The summed E-state index contributed by atoms with van der Waals surface area (Å²) in [6, 6.07) is 0. The molecule has 0 unspecified atom stereocenters. The van der Waals surface area contributed by atoms with Crippen molar-refractivity contribution in [1.29, 1.82) is 0 Å². The molecule has 0 aliphatic heterocycles. The third-order valence-electron chi connectivity index (χ3n) is 2.20. The van der Waals surface area contributed by atoms with E-state index in [4.69, 9.17) is 0 Å². The highest BCUT2D eigenvalue weighted by molar-refractivity contribution is 7.05. The molecule has 5 nitrogen and oxygen atoms in total. The zero-order valence-electron chi connectivity index (χ0n) is 8.35. The molecule has 0 aromatic carbocycles. The van der Waals surface area contributed by atoms with Gasteiger partial charge in [0.2, 0.25) is 0 Å². The molecule has 6 heteroatoms. The van der Waals surface area contributed by atoms with Gasteiger partial charge in [-0.3, -0.25) is 0 Å². The molecule has 0 aliphatic carbocycles. The lowest BCUT2D eigenvalue weighted by Gasteiger charge is -2.01. The summed E-state index contributed by atoms with van der Waals surface area (Å²) in [5.74, 6) is 0.829. The van der Waals surface area contributed by atoms with Crippen LogP contribution in [-0.4, -0.2) is 24.6 Å². The van der Waals surface area contributed by atoms with E-state index in [-0.39, 0.29) is 0 Å². The molecule has 0 N–H and O–H groups in total. The van der Waals surface area contributed by atoms with Crippen molar-refractivity contribution in [1.82, 2.24) is 24.6 Å². The van der Waals surface area contributed by atoms with E-state index in [2.05, 4.69) is 26.8 Å². The highest BCUT2D eigenvalue weighted by Gasteiger charge is 2.09. The number of aryl methyl sites for hydroxylation is 3. The van der Waals surface area contributed by atoms with Crippen molar-refractivity contribution in [3.8, 4) is 0 Å². The van der Waals surface area contributed by atoms with E-state index >= 15 is 0 Å². The van der Waals surface area contributed by atoms with Crippen LogP contribution in [0.15, 0.2) is 0 Å². The van der Waals surface area contributed by atoms with Gasteiger partial charge in [-0.2, -0.15) is 4.37 Å². The minimum Gasteiger partial charge on any atom is -0.225 e. The van der Waals surface area contributed by atoms with Crippen LogP contribution in [0.3, 0.4) is 0 Å². The average molecular weight is 209 g/mol. The number of aromatic nitrogens is 5. The molecule has 0 bridgehead atoms. The summed E-state index contributed by atoms with van der Waals surface area (Å²) in [6.45, 7) is 6.69. The van der Waals surface area contributed by atoms with Gasteiger partial charge in [-0.1, -0.05) is 0 Å². The Morgan fingerprint density at radius 1 is 1.29 bits per heavy atom. The molecule has 0 saturated heterocycles. The van der Waals surface area contributed by atoms with Crippen LogP contribution in [0.25, 0.3) is 0 Å². The molecular weight excluding hydrogens is 198 g/mol. The summed E-state index contributed by atoms with van der Waals surface area (Å²) in [4.78, 5) is 1.23. The van der Waals surface area contributed by atoms with E-state index in [9.17, 15) is 0 Å². The Kier molecular flexibility index (Phi) is 2.28. The first kappa shape index (κ1) is 9.26. The third-order valence-corrected chi connectivity index (χ3v) is 3.09. The fourth-order valence-corrected chi connectivity index (χ4v) is 1.98. The van der Waals surface area contributed by atoms with Crippen molar-refractivity contribution in [2.45, 2.75) is 27.3 Å². The van der Waals surface area contributed by atoms with Gasteiger partial charge < -0.3 is 0 Å². The lowest BCUT2D eigenvalue weighted by Crippen LogP contribution is -2.05. The monoisotopic (exact) mass is 209 g/mol. The molecule has 2 aromatic heterocycles. The summed E-state index contributed by atoms with van der Waals surface area (Å²) in [7, 11) is 0. The largest absolute Gasteiger partial charge is 0.225 e. The van der Waals surface area contributed by atoms with Crippen LogP contribution < -0.4 is 0 Å². The van der Waals surface area contributed by atoms with Crippen LogP contribution in [0.4, 0.5) is 0 Å². The van der Waals surface area contributed by atoms with E-state index in [1.54, 1.807) is 4.68 Å². The van der Waals surface area contributed by atoms with Gasteiger partial charge in [0.1, 0.15) is 5.82 Å². The maximum atomic E-state index is 4.29. The molecule has 0 aliphatic rings. The van der Waals surface area contributed by atoms with E-state index in [1.165, 1.54) is 22.0 Å². The number of tetrazole rings is 1. The Labute approximate surface area is 85.9 Å². The van der Waals surface area contributed by atoms with Crippen LogP contribution in [0.1, 0.15) is 22.0 Å². The van der Waals surface area contributed by atoms with Gasteiger partial charge in [0.05, 0.1) is 12.2 Å². The molecule has 0 fully saturated rings. The summed E-state index contributed by atoms with van der Waals surface area (Å²) in [6.07, 6.45) is 0. The summed E-state index contributed by atoms with van der Waals surface area (Å²) >= 11 is 1.53. The molecule has 0 saturated carbocycles. The number of hydrogen-bond donors (Lipinski definition) is 0. The molecule has 2 rings (SSSR count). The van der Waals surface area contributed by atoms with Crippen LogP contribution in [0.5, 0.6) is 0 Å². The quantitative estimate of drug-likeness (QED) is 0.743. The van der Waals surface area contributed by atoms with Crippen LogP contribution in [0.2, 0.25) is 0 Å². The molecule has 0 spiro atoms. The van der Waals surface area contributed by atoms with E-state index < -0.39 is 0 Å². The highest BCUT2D eigenvalue weighted by atomic mass is 32.1. The predicted octanol–water partition coefficient (Wildman–Crippen LogP) is 1.10. The van der Waals surface area contributed by atoms with Crippen molar-refractivity contribution in [2.24, 2.45) is 0 Å². The Balaban J connectivity index is 2.31. The SMILES string of the molecule is Cc1nsc(C)c1Cn1nnnc1C. The van der Waals surface area contributed by atoms with E-state index in [1.807, 2.05) is 13.8 Å². The zero-order chi connectivity index (χ0) is 10.1. The highest BCUT2D eigenvalue weighted by Crippen LogP contribution is 2.17. The zero-order valence-corrected chi connectivity index (χ0v) is 9.17. The van der Waals surface area contributed by atoms with E-state index in [0.29, 0.717) is 6.54 Å². The van der Waals surface area contributed by atoms with Crippen LogP contribution in [0, 0.1) is 20.8 Å². The summed E-state index contributed by atoms with van der Waals surface area (Å²) in [5, 5.41) is 11.4. The van der Waals surface area contributed by atoms with Crippen LogP contribution >= 0.6 is 11.5 Å². The second-order valence-electron chi connectivity index (χ2n) is 3.19. The molecule has 14 heavy (non-hydrogen) atoms. The molecule has 2 aromatic rings. The third kappa shape index (κ3) is 1.52. The maximum absolute atomic E-state index is 4.29. The minimum atomic E-state index is 0.715. The normalized spacial score (nSPS) is 10.8. The van der Waals surface area contributed by atoms with Gasteiger partial charge >= 0.3 is 0 Å². The average Bonchev–Trinajstić information content (AvgIpc) is 2.67. The minimum absolute atomic E-state index is 0.715. The van der Waals surface area contributed by atoms with Crippen molar-refractivity contribution in [3.05, 3.63) is 22.0 Å². The fourth-order valence-electron chi connectivity index (χ4n) is 1.27. The number of nitrogens with zero attached hydrogens (tertiary/aromatic N) is 5. The van der Waals surface area contributed by atoms with Crippen LogP contribution in [-0.2, 0) is 6.54 Å². The molecule has 2 heterocycles. The molecular formula is C8H11N5S. The standard InChI is InChI=1S/C8H11N5S/c1-5-8(6(2)14-10-5)4-13-7(3)9-11-12-13/h4H2,1-3H3. The van der Waals surface area contributed by atoms with Gasteiger partial charge in [0, 0.05) is 10.4 Å². The van der Waals surface area contributed by atoms with Crippen molar-refractivity contribution in [2.75, 3.05) is 0 Å². The van der Waals surface area contributed by atoms with Gasteiger partial charge in [-0.15, -0.1) is 5.10 Å². The van der Waals surface area contributed by atoms with Gasteiger partial charge in [-0.25, -0.2) is 4.68 Å². The topological polar surface area (TPSA) is 56.5 Å². The first-order valence-corrected chi connectivity index (χ1v) is 5.10. The Morgan fingerprint density at radius 2 is 2.07 bits per heavy atom. The Bertz CT molecular complexity index is 425. The summed E-state index contributed by atoms with van der Waals surface area (Å²) in [5.41, 5.74) is 2.30. The van der Waals surface area contributed by atoms with Gasteiger partial charge in [0.25, 0.3) is 0 Å². The predicted molar refractivity (Wildman–Crippen MR) is 53.2 cm³/mol. The Hall–Kier alpha value is -1.30. The lowest BCUT2D eigenvalue weighted by molar-refractivity contribution is 0.630.